The fraction of sp³-hybridized carbons (Fsp3) is 1.00. The van der Waals surface area contributed by atoms with Gasteiger partial charge in [0.1, 0.15) is 0 Å². The van der Waals surface area contributed by atoms with Crippen molar-refractivity contribution in [1.82, 2.24) is 0 Å². The maximum Gasteiger partial charge on any atom is 0.339 e. The molecule has 0 aromatic carbocycles. The quantitative estimate of drug-likeness (QED) is 0.435. The summed E-state index contributed by atoms with van der Waals surface area (Å²) in [6, 6.07) is 0. The fourth-order valence-corrected chi connectivity index (χ4v) is 0. The normalized spacial score (nSPS) is 11.9. The van der Waals surface area contributed by atoms with Crippen LogP contribution < -0.4 is 0 Å². The van der Waals surface area contributed by atoms with E-state index in [0.717, 1.165) is 0 Å². The SMILES string of the molecule is ClC(Cl)(Cl)Cl.O=P(Cl)(Cl)Cl. The lowest BCUT2D eigenvalue weighted by molar-refractivity contribution is 0.600. The summed E-state index contributed by atoms with van der Waals surface area (Å²) in [6.45, 7) is 0. The van der Waals surface area contributed by atoms with E-state index in [1.54, 1.807) is 0 Å². The van der Waals surface area contributed by atoms with Crippen LogP contribution in [-0.4, -0.2) is 3.25 Å². The summed E-state index contributed by atoms with van der Waals surface area (Å²) < 4.78 is 7.90. The summed E-state index contributed by atoms with van der Waals surface area (Å²) in [5.41, 5.74) is 0. The molecule has 0 saturated carbocycles. The topological polar surface area (TPSA) is 17.1 Å². The maximum absolute atomic E-state index is 9.51. The van der Waals surface area contributed by atoms with Crippen molar-refractivity contribution < 1.29 is 4.57 Å². The second-order valence-electron chi connectivity index (χ2n) is 0.827. The first-order valence-electron chi connectivity index (χ1n) is 1.45. The Morgan fingerprint density at radius 3 is 0.900 bits per heavy atom. The van der Waals surface area contributed by atoms with Gasteiger partial charge in [0.05, 0.1) is 0 Å². The second-order valence-corrected chi connectivity index (χ2v) is 10.9. The van der Waals surface area contributed by atoms with Gasteiger partial charge in [0.15, 0.2) is 0 Å². The van der Waals surface area contributed by atoms with Gasteiger partial charge < -0.3 is 0 Å². The molecule has 0 aliphatic heterocycles. The van der Waals surface area contributed by atoms with Crippen LogP contribution in [0.4, 0.5) is 0 Å². The zero-order chi connectivity index (χ0) is 9.00. The smallest absolute Gasteiger partial charge is 0.271 e. The van der Waals surface area contributed by atoms with E-state index in [1.807, 2.05) is 0 Å². The average Bonchev–Trinajstić information content (AvgIpc) is 1.12. The standard InChI is InChI=1S/CCl4.Cl3OP/c2-1(3,4)5;1-5(2,3)4. The Morgan fingerprint density at radius 1 is 0.900 bits per heavy atom. The van der Waals surface area contributed by atoms with Crippen LogP contribution in [0.3, 0.4) is 0 Å². The molecule has 0 aliphatic carbocycles. The third-order valence-electron chi connectivity index (χ3n) is 0. The minimum absolute atomic E-state index is 1.61. The van der Waals surface area contributed by atoms with Crippen molar-refractivity contribution in [3.05, 3.63) is 0 Å². The molecule has 9 heteroatoms. The highest BCUT2D eigenvalue weighted by Crippen LogP contribution is 2.61. The van der Waals surface area contributed by atoms with E-state index in [-0.39, 0.29) is 0 Å². The second kappa shape index (κ2) is 5.83. The zero-order valence-corrected chi connectivity index (χ0v) is 10.2. The summed E-state index contributed by atoms with van der Waals surface area (Å²) in [4.78, 5) is 0. The minimum atomic E-state index is -3.22. The number of hydrogen-bond donors (Lipinski definition) is 0. The lowest BCUT2D eigenvalue weighted by atomic mass is 11.8. The molecule has 0 bridgehead atoms. The third-order valence-corrected chi connectivity index (χ3v) is 0. The van der Waals surface area contributed by atoms with Crippen LogP contribution in [0.15, 0.2) is 0 Å². The Labute approximate surface area is 92.5 Å². The van der Waals surface area contributed by atoms with E-state index in [4.69, 9.17) is 46.4 Å². The molecule has 0 radical (unpaired) electrons. The van der Waals surface area contributed by atoms with E-state index in [2.05, 4.69) is 33.7 Å². The van der Waals surface area contributed by atoms with Gasteiger partial charge in [0, 0.05) is 0 Å². The fourth-order valence-electron chi connectivity index (χ4n) is 0. The van der Waals surface area contributed by atoms with E-state index < -0.39 is 8.45 Å². The Hall–Kier alpha value is 2.26. The third kappa shape index (κ3) is 172. The molecule has 10 heavy (non-hydrogen) atoms. The van der Waals surface area contributed by atoms with Crippen LogP contribution in [-0.2, 0) is 4.57 Å². The van der Waals surface area contributed by atoms with Crippen LogP contribution >= 0.6 is 85.3 Å². The minimum Gasteiger partial charge on any atom is -0.271 e. The number of halogens is 7. The molecule has 64 valence electrons. The molecule has 0 fully saturated rings. The zero-order valence-electron chi connectivity index (χ0n) is 4.00. The van der Waals surface area contributed by atoms with Crippen molar-refractivity contribution in [2.45, 2.75) is 3.25 Å². The molecule has 0 aliphatic rings. The molecular formula is CCl7OP. The van der Waals surface area contributed by atoms with Gasteiger partial charge in [-0.3, -0.25) is 4.57 Å². The van der Waals surface area contributed by atoms with Crippen LogP contribution in [0, 0.1) is 0 Å². The van der Waals surface area contributed by atoms with Gasteiger partial charge in [-0.2, -0.15) is 0 Å². The van der Waals surface area contributed by atoms with Crippen molar-refractivity contribution in [2.24, 2.45) is 0 Å². The molecule has 0 amide bonds. The van der Waals surface area contributed by atoms with Gasteiger partial charge in [-0.25, -0.2) is 0 Å². The summed E-state index contributed by atoms with van der Waals surface area (Å²) in [6.07, 6.45) is 0. The summed E-state index contributed by atoms with van der Waals surface area (Å²) in [7, 11) is 0. The molecule has 0 rings (SSSR count). The Balaban J connectivity index is 0. The molecule has 0 heterocycles. The largest absolute Gasteiger partial charge is 0.339 e. The first-order chi connectivity index (χ1) is 4.00. The highest BCUT2D eigenvalue weighted by molar-refractivity contribution is 8.24. The predicted molar refractivity (Wildman–Crippen MR) is 51.3 cm³/mol. The number of rotatable bonds is 0. The first kappa shape index (κ1) is 14.8. The van der Waals surface area contributed by atoms with Crippen molar-refractivity contribution in [1.29, 1.82) is 0 Å². The summed E-state index contributed by atoms with van der Waals surface area (Å²) in [5, 5.41) is -3.22. The van der Waals surface area contributed by atoms with E-state index >= 15 is 0 Å². The molecule has 0 aromatic rings. The van der Waals surface area contributed by atoms with Gasteiger partial charge in [0.2, 0.25) is 0 Å². The molecule has 0 unspecified atom stereocenters. The molecular weight excluding hydrogens is 307 g/mol. The molecule has 1 nitrogen and oxygen atoms in total. The van der Waals surface area contributed by atoms with Gasteiger partial charge in [-0.1, -0.05) is 46.4 Å². The molecule has 0 spiro atoms. The van der Waals surface area contributed by atoms with Crippen molar-refractivity contribution in [2.75, 3.05) is 0 Å². The van der Waals surface area contributed by atoms with Crippen molar-refractivity contribution >= 4 is 85.3 Å². The highest BCUT2D eigenvalue weighted by atomic mass is 36.0. The molecule has 0 atom stereocenters. The monoisotopic (exact) mass is 304 g/mol. The number of alkyl halides is 4. The van der Waals surface area contributed by atoms with Gasteiger partial charge >= 0.3 is 5.20 Å². The summed E-state index contributed by atoms with van der Waals surface area (Å²) >= 11 is 33.2. The highest BCUT2D eigenvalue weighted by Gasteiger charge is 2.11. The summed E-state index contributed by atoms with van der Waals surface area (Å²) in [5.74, 6) is 0. The molecule has 0 N–H and O–H groups in total. The number of hydrogen-bond acceptors (Lipinski definition) is 1. The lowest BCUT2D eigenvalue weighted by Crippen LogP contribution is -1.81. The Morgan fingerprint density at radius 2 is 0.900 bits per heavy atom. The van der Waals surface area contributed by atoms with Gasteiger partial charge in [-0.05, 0) is 33.7 Å². The van der Waals surface area contributed by atoms with E-state index in [0.29, 0.717) is 0 Å². The van der Waals surface area contributed by atoms with Gasteiger partial charge in [-0.15, -0.1) is 0 Å². The van der Waals surface area contributed by atoms with E-state index in [1.165, 1.54) is 0 Å². The lowest BCUT2D eigenvalue weighted by Gasteiger charge is -1.91. The van der Waals surface area contributed by atoms with Gasteiger partial charge in [0.25, 0.3) is 3.25 Å². The first-order valence-corrected chi connectivity index (χ1v) is 7.38. The van der Waals surface area contributed by atoms with E-state index in [9.17, 15) is 4.57 Å². The Bertz CT molecular complexity index is 106. The van der Waals surface area contributed by atoms with Crippen molar-refractivity contribution in [3.8, 4) is 0 Å². The molecule has 0 aromatic heterocycles. The van der Waals surface area contributed by atoms with Crippen molar-refractivity contribution in [3.63, 3.8) is 0 Å². The van der Waals surface area contributed by atoms with Crippen LogP contribution in [0.1, 0.15) is 0 Å². The van der Waals surface area contributed by atoms with Crippen LogP contribution in [0.25, 0.3) is 0 Å². The Kier molecular flexibility index (Phi) is 8.61. The average molecular weight is 307 g/mol. The molecule has 0 saturated heterocycles. The van der Waals surface area contributed by atoms with Crippen LogP contribution in [0.5, 0.6) is 0 Å². The van der Waals surface area contributed by atoms with Crippen LogP contribution in [0.2, 0.25) is 0 Å². The predicted octanol–water partition coefficient (Wildman–Crippen LogP) is 5.36. The maximum atomic E-state index is 9.51.